The lowest BCUT2D eigenvalue weighted by molar-refractivity contribution is 0.638. The van der Waals surface area contributed by atoms with Crippen molar-refractivity contribution in [3.05, 3.63) is 27.8 Å². The summed E-state index contributed by atoms with van der Waals surface area (Å²) in [5, 5.41) is 0.657. The molecular formula is C8H4BrFS2. The minimum atomic E-state index is -0.177. The molecule has 0 radical (unpaired) electrons. The summed E-state index contributed by atoms with van der Waals surface area (Å²) in [6.07, 6.45) is 0. The molecule has 0 N–H and O–H groups in total. The maximum Gasteiger partial charge on any atom is 0.156 e. The molecular weight excluding hydrogens is 259 g/mol. The minimum Gasteiger partial charge on any atom is -0.204 e. The summed E-state index contributed by atoms with van der Waals surface area (Å²) in [6.45, 7) is 0. The van der Waals surface area contributed by atoms with E-state index in [0.717, 1.165) is 9.60 Å². The standard InChI is InChI=1S/C8H4BrFS2/c9-8-7(10)5-2-1-4(11)3-6(5)12-8/h1-3,11H. The normalized spacial score (nSPS) is 10.9. The Balaban J connectivity index is 2.87. The maximum absolute atomic E-state index is 13.2. The number of hydrogen-bond donors (Lipinski definition) is 1. The number of hydrogen-bond acceptors (Lipinski definition) is 2. The third-order valence-corrected chi connectivity index (χ3v) is 3.60. The van der Waals surface area contributed by atoms with E-state index in [1.54, 1.807) is 12.1 Å². The molecule has 0 atom stereocenters. The predicted octanol–water partition coefficient (Wildman–Crippen LogP) is 4.09. The van der Waals surface area contributed by atoms with Crippen LogP contribution in [0.15, 0.2) is 26.9 Å². The van der Waals surface area contributed by atoms with Crippen molar-refractivity contribution < 1.29 is 4.39 Å². The van der Waals surface area contributed by atoms with Crippen LogP contribution in [0.4, 0.5) is 4.39 Å². The van der Waals surface area contributed by atoms with Gasteiger partial charge in [-0.3, -0.25) is 0 Å². The maximum atomic E-state index is 13.2. The van der Waals surface area contributed by atoms with Crippen molar-refractivity contribution in [3.63, 3.8) is 0 Å². The van der Waals surface area contributed by atoms with Crippen molar-refractivity contribution in [1.29, 1.82) is 0 Å². The Kier molecular flexibility index (Phi) is 2.14. The highest BCUT2D eigenvalue weighted by Crippen LogP contribution is 2.34. The number of rotatable bonds is 0. The van der Waals surface area contributed by atoms with Gasteiger partial charge in [-0.1, -0.05) is 0 Å². The van der Waals surface area contributed by atoms with Crippen LogP contribution >= 0.6 is 39.9 Å². The van der Waals surface area contributed by atoms with Crippen molar-refractivity contribution in [2.75, 3.05) is 0 Å². The van der Waals surface area contributed by atoms with Crippen LogP contribution in [0.1, 0.15) is 0 Å². The average Bonchev–Trinajstić information content (AvgIpc) is 2.28. The third-order valence-electron chi connectivity index (χ3n) is 1.57. The van der Waals surface area contributed by atoms with E-state index >= 15 is 0 Å². The molecule has 0 spiro atoms. The molecule has 1 heterocycles. The van der Waals surface area contributed by atoms with Crippen LogP contribution in [-0.2, 0) is 0 Å². The number of halogens is 2. The minimum absolute atomic E-state index is 0.177. The van der Waals surface area contributed by atoms with Crippen molar-refractivity contribution in [2.45, 2.75) is 4.90 Å². The van der Waals surface area contributed by atoms with Gasteiger partial charge in [0.25, 0.3) is 0 Å². The van der Waals surface area contributed by atoms with Crippen LogP contribution in [-0.4, -0.2) is 0 Å². The van der Waals surface area contributed by atoms with Crippen LogP contribution < -0.4 is 0 Å². The average molecular weight is 263 g/mol. The van der Waals surface area contributed by atoms with Crippen molar-refractivity contribution in [2.24, 2.45) is 0 Å². The molecule has 2 aromatic rings. The molecule has 0 amide bonds. The lowest BCUT2D eigenvalue weighted by Gasteiger charge is -1.90. The Morgan fingerprint density at radius 2 is 2.17 bits per heavy atom. The Bertz CT molecular complexity index is 436. The highest BCUT2D eigenvalue weighted by molar-refractivity contribution is 9.11. The van der Waals surface area contributed by atoms with E-state index in [2.05, 4.69) is 28.6 Å². The summed E-state index contributed by atoms with van der Waals surface area (Å²) in [6, 6.07) is 5.39. The molecule has 0 fully saturated rings. The van der Waals surface area contributed by atoms with Crippen LogP contribution in [0.3, 0.4) is 0 Å². The van der Waals surface area contributed by atoms with E-state index in [1.165, 1.54) is 11.3 Å². The molecule has 1 aromatic carbocycles. The van der Waals surface area contributed by atoms with Crippen molar-refractivity contribution in [3.8, 4) is 0 Å². The smallest absolute Gasteiger partial charge is 0.156 e. The molecule has 0 saturated heterocycles. The summed E-state index contributed by atoms with van der Waals surface area (Å²) in [5.74, 6) is -0.177. The second kappa shape index (κ2) is 3.01. The Labute approximate surface area is 86.9 Å². The topological polar surface area (TPSA) is 0 Å². The SMILES string of the molecule is Fc1c(Br)sc2cc(S)ccc12. The fourth-order valence-corrected chi connectivity index (χ4v) is 2.90. The highest BCUT2D eigenvalue weighted by Gasteiger charge is 2.08. The van der Waals surface area contributed by atoms with Gasteiger partial charge >= 0.3 is 0 Å². The molecule has 0 unspecified atom stereocenters. The molecule has 12 heavy (non-hydrogen) atoms. The van der Waals surface area contributed by atoms with Crippen LogP contribution in [0.5, 0.6) is 0 Å². The molecule has 0 aliphatic rings. The number of thiophene rings is 1. The van der Waals surface area contributed by atoms with Crippen molar-refractivity contribution in [1.82, 2.24) is 0 Å². The largest absolute Gasteiger partial charge is 0.204 e. The second-order valence-corrected chi connectivity index (χ2v) is 5.26. The molecule has 1 aromatic heterocycles. The Morgan fingerprint density at radius 1 is 1.42 bits per heavy atom. The van der Waals surface area contributed by atoms with Gasteiger partial charge < -0.3 is 0 Å². The van der Waals surface area contributed by atoms with Gasteiger partial charge in [0.2, 0.25) is 0 Å². The molecule has 4 heteroatoms. The first kappa shape index (κ1) is 8.53. The first-order chi connectivity index (χ1) is 5.68. The lowest BCUT2D eigenvalue weighted by atomic mass is 10.3. The van der Waals surface area contributed by atoms with E-state index in [1.807, 2.05) is 6.07 Å². The fourth-order valence-electron chi connectivity index (χ4n) is 1.02. The summed E-state index contributed by atoms with van der Waals surface area (Å²) >= 11 is 8.71. The van der Waals surface area contributed by atoms with E-state index in [-0.39, 0.29) is 5.82 Å². The molecule has 62 valence electrons. The second-order valence-electron chi connectivity index (χ2n) is 2.37. The lowest BCUT2D eigenvalue weighted by Crippen LogP contribution is -1.69. The third kappa shape index (κ3) is 1.28. The summed E-state index contributed by atoms with van der Waals surface area (Å²) < 4.78 is 14.7. The molecule has 2 rings (SSSR count). The van der Waals surface area contributed by atoms with Crippen LogP contribution in [0, 0.1) is 5.82 Å². The zero-order valence-corrected chi connectivity index (χ0v) is 9.14. The summed E-state index contributed by atoms with van der Waals surface area (Å²) in [4.78, 5) is 0.858. The van der Waals surface area contributed by atoms with E-state index in [4.69, 9.17) is 0 Å². The molecule has 0 nitrogen and oxygen atoms in total. The van der Waals surface area contributed by atoms with Crippen LogP contribution in [0.25, 0.3) is 10.1 Å². The van der Waals surface area contributed by atoms with Gasteiger partial charge in [0.15, 0.2) is 5.82 Å². The van der Waals surface area contributed by atoms with Gasteiger partial charge in [-0.05, 0) is 34.1 Å². The number of fused-ring (bicyclic) bond motifs is 1. The van der Waals surface area contributed by atoms with Gasteiger partial charge in [0.1, 0.15) is 3.79 Å². The van der Waals surface area contributed by atoms with Gasteiger partial charge in [0, 0.05) is 15.0 Å². The van der Waals surface area contributed by atoms with E-state index in [9.17, 15) is 4.39 Å². The van der Waals surface area contributed by atoms with Gasteiger partial charge in [-0.2, -0.15) is 0 Å². The zero-order valence-electron chi connectivity index (χ0n) is 5.84. The van der Waals surface area contributed by atoms with Gasteiger partial charge in [0.05, 0.1) is 0 Å². The summed E-state index contributed by atoms with van der Waals surface area (Å²) in [7, 11) is 0. The first-order valence-corrected chi connectivity index (χ1v) is 5.30. The monoisotopic (exact) mass is 262 g/mol. The Morgan fingerprint density at radius 3 is 2.92 bits per heavy atom. The number of thiol groups is 1. The van der Waals surface area contributed by atoms with E-state index in [0.29, 0.717) is 9.17 Å². The summed E-state index contributed by atoms with van der Waals surface area (Å²) in [5.41, 5.74) is 0. The zero-order chi connectivity index (χ0) is 8.72. The first-order valence-electron chi connectivity index (χ1n) is 3.25. The van der Waals surface area contributed by atoms with Gasteiger partial charge in [-0.25, -0.2) is 4.39 Å². The highest BCUT2D eigenvalue weighted by atomic mass is 79.9. The molecule has 0 aliphatic heterocycles. The number of benzene rings is 1. The molecule has 0 aliphatic carbocycles. The quantitative estimate of drug-likeness (QED) is 0.680. The fraction of sp³-hybridized carbons (Fsp3) is 0. The Hall–Kier alpha value is -0.0600. The van der Waals surface area contributed by atoms with Crippen molar-refractivity contribution >= 4 is 50.0 Å². The van der Waals surface area contributed by atoms with Crippen LogP contribution in [0.2, 0.25) is 0 Å². The van der Waals surface area contributed by atoms with Gasteiger partial charge in [-0.15, -0.1) is 24.0 Å². The molecule has 0 saturated carbocycles. The van der Waals surface area contributed by atoms with E-state index < -0.39 is 0 Å². The predicted molar refractivity (Wildman–Crippen MR) is 56.7 cm³/mol. The molecule has 0 bridgehead atoms.